The lowest BCUT2D eigenvalue weighted by atomic mass is 10.0. The van der Waals surface area contributed by atoms with Crippen LogP contribution in [0.4, 0.5) is 0 Å². The van der Waals surface area contributed by atoms with Crippen molar-refractivity contribution in [2.75, 3.05) is 79.5 Å². The average molecular weight is 585 g/mol. The van der Waals surface area contributed by atoms with Crippen LogP contribution < -0.4 is 0 Å². The van der Waals surface area contributed by atoms with Gasteiger partial charge in [-0.25, -0.2) is 0 Å². The molecule has 30 heavy (non-hydrogen) atoms. The van der Waals surface area contributed by atoms with Crippen molar-refractivity contribution in [3.8, 4) is 0 Å². The number of ketones is 2. The van der Waals surface area contributed by atoms with Crippen LogP contribution in [0.25, 0.3) is 0 Å². The number of likely N-dealkylation sites (N-methyl/N-ethyl adjacent to an activating group) is 2. The number of piperazine rings is 2. The fraction of sp³-hybridized carbons (Fsp3) is 0.600. The number of carbonyl (C=O) groups is 2. The first kappa shape index (κ1) is 24.6. The van der Waals surface area contributed by atoms with Gasteiger partial charge in [-0.15, -0.1) is 0 Å². The third-order valence-electron chi connectivity index (χ3n) is 5.75. The van der Waals surface area contributed by atoms with Gasteiger partial charge in [-0.2, -0.15) is 0 Å². The van der Waals surface area contributed by atoms with Crippen LogP contribution >= 0.6 is 55.1 Å². The lowest BCUT2D eigenvalue weighted by Gasteiger charge is -2.32. The predicted octanol–water partition coefficient (Wildman–Crippen LogP) is 3.38. The SMILES string of the molecule is CN1CCN(CC(=O)c2c(Cl)c(Br)c(C(=O)CN3CCN(C)CC3)c(Cl)c2Br)CC1. The maximum atomic E-state index is 13.0. The van der Waals surface area contributed by atoms with E-state index in [1.54, 1.807) is 0 Å². The number of halogens is 4. The van der Waals surface area contributed by atoms with Gasteiger partial charge in [0.1, 0.15) is 0 Å². The van der Waals surface area contributed by atoms with Crippen molar-refractivity contribution < 1.29 is 9.59 Å². The molecule has 2 aliphatic rings. The molecule has 166 valence electrons. The van der Waals surface area contributed by atoms with Gasteiger partial charge < -0.3 is 9.80 Å². The van der Waals surface area contributed by atoms with Gasteiger partial charge in [0, 0.05) is 61.3 Å². The number of hydrogen-bond acceptors (Lipinski definition) is 6. The van der Waals surface area contributed by atoms with E-state index in [2.05, 4.69) is 65.6 Å². The normalized spacial score (nSPS) is 19.9. The van der Waals surface area contributed by atoms with Crippen LogP contribution in [0.2, 0.25) is 10.0 Å². The number of rotatable bonds is 6. The van der Waals surface area contributed by atoms with Gasteiger partial charge in [0.15, 0.2) is 11.6 Å². The number of carbonyl (C=O) groups excluding carboxylic acids is 2. The molecule has 0 radical (unpaired) electrons. The zero-order chi connectivity index (χ0) is 22.0. The zero-order valence-electron chi connectivity index (χ0n) is 17.2. The van der Waals surface area contributed by atoms with Crippen LogP contribution in [-0.4, -0.2) is 111 Å². The van der Waals surface area contributed by atoms with Gasteiger partial charge in [0.25, 0.3) is 0 Å². The summed E-state index contributed by atoms with van der Waals surface area (Å²) in [6.07, 6.45) is 0. The highest BCUT2D eigenvalue weighted by Gasteiger charge is 2.29. The van der Waals surface area contributed by atoms with E-state index in [1.807, 2.05) is 0 Å². The van der Waals surface area contributed by atoms with E-state index in [9.17, 15) is 9.59 Å². The molecule has 0 bridgehead atoms. The molecule has 10 heteroatoms. The van der Waals surface area contributed by atoms with Crippen LogP contribution in [-0.2, 0) is 0 Å². The fourth-order valence-electron chi connectivity index (χ4n) is 3.70. The molecule has 0 amide bonds. The highest BCUT2D eigenvalue weighted by molar-refractivity contribution is 9.11. The summed E-state index contributed by atoms with van der Waals surface area (Å²) in [6, 6.07) is 0. The van der Waals surface area contributed by atoms with E-state index in [4.69, 9.17) is 23.2 Å². The summed E-state index contributed by atoms with van der Waals surface area (Å²) < 4.78 is 0.774. The smallest absolute Gasteiger partial charge is 0.179 e. The fourth-order valence-corrected chi connectivity index (χ4v) is 5.75. The van der Waals surface area contributed by atoms with E-state index < -0.39 is 0 Å². The van der Waals surface area contributed by atoms with Crippen molar-refractivity contribution in [3.63, 3.8) is 0 Å². The Balaban J connectivity index is 1.79. The molecule has 2 aliphatic heterocycles. The number of Topliss-reactive ketones (excluding diaryl/α,β-unsaturated/α-hetero) is 2. The summed E-state index contributed by atoms with van der Waals surface area (Å²) >= 11 is 20.0. The largest absolute Gasteiger partial charge is 0.304 e. The quantitative estimate of drug-likeness (QED) is 0.377. The maximum absolute atomic E-state index is 13.0. The van der Waals surface area contributed by atoms with E-state index in [-0.39, 0.29) is 34.7 Å². The third-order valence-corrected chi connectivity index (χ3v) is 8.55. The first-order chi connectivity index (χ1) is 14.2. The highest BCUT2D eigenvalue weighted by Crippen LogP contribution is 2.42. The van der Waals surface area contributed by atoms with Crippen molar-refractivity contribution in [1.29, 1.82) is 0 Å². The Morgan fingerprint density at radius 2 is 1.00 bits per heavy atom. The van der Waals surface area contributed by atoms with Crippen molar-refractivity contribution in [1.82, 2.24) is 19.6 Å². The Morgan fingerprint density at radius 3 is 1.30 bits per heavy atom. The van der Waals surface area contributed by atoms with E-state index in [1.165, 1.54) is 0 Å². The first-order valence-electron chi connectivity index (χ1n) is 9.93. The predicted molar refractivity (Wildman–Crippen MR) is 128 cm³/mol. The first-order valence-corrected chi connectivity index (χ1v) is 12.3. The second-order valence-corrected chi connectivity index (χ2v) is 10.4. The molecule has 0 N–H and O–H groups in total. The third kappa shape index (κ3) is 5.64. The van der Waals surface area contributed by atoms with Gasteiger partial charge in [-0.05, 0) is 46.0 Å². The Labute approximate surface area is 204 Å². The van der Waals surface area contributed by atoms with Crippen LogP contribution in [0.15, 0.2) is 8.95 Å². The summed E-state index contributed by atoms with van der Waals surface area (Å²) in [5, 5.41) is 0.458. The number of benzene rings is 1. The van der Waals surface area contributed by atoms with Gasteiger partial charge in [-0.3, -0.25) is 19.4 Å². The average Bonchev–Trinajstić information content (AvgIpc) is 2.70. The molecule has 0 aliphatic carbocycles. The molecular formula is C20H26Br2Cl2N4O2. The van der Waals surface area contributed by atoms with Crippen molar-refractivity contribution >= 4 is 66.6 Å². The highest BCUT2D eigenvalue weighted by atomic mass is 79.9. The minimum atomic E-state index is -0.114. The molecular weight excluding hydrogens is 559 g/mol. The van der Waals surface area contributed by atoms with E-state index in [0.717, 1.165) is 52.4 Å². The molecule has 2 saturated heterocycles. The summed E-state index contributed by atoms with van der Waals surface area (Å²) in [5.74, 6) is -0.228. The van der Waals surface area contributed by atoms with Gasteiger partial charge >= 0.3 is 0 Å². The van der Waals surface area contributed by atoms with Crippen molar-refractivity contribution in [2.45, 2.75) is 0 Å². The van der Waals surface area contributed by atoms with Gasteiger partial charge in [-0.1, -0.05) is 23.2 Å². The van der Waals surface area contributed by atoms with Crippen molar-refractivity contribution in [2.24, 2.45) is 0 Å². The molecule has 0 spiro atoms. The molecule has 1 aromatic carbocycles. The summed E-state index contributed by atoms with van der Waals surface area (Å²) in [4.78, 5) is 34.7. The molecule has 6 nitrogen and oxygen atoms in total. The lowest BCUT2D eigenvalue weighted by molar-refractivity contribution is 0.0865. The molecule has 0 atom stereocenters. The van der Waals surface area contributed by atoms with Crippen LogP contribution in [0, 0.1) is 0 Å². The van der Waals surface area contributed by atoms with Crippen LogP contribution in [0.3, 0.4) is 0 Å². The van der Waals surface area contributed by atoms with E-state index in [0.29, 0.717) is 20.1 Å². The van der Waals surface area contributed by atoms with Crippen molar-refractivity contribution in [3.05, 3.63) is 30.1 Å². The van der Waals surface area contributed by atoms with Crippen LogP contribution in [0.1, 0.15) is 20.7 Å². The minimum Gasteiger partial charge on any atom is -0.304 e. The maximum Gasteiger partial charge on any atom is 0.179 e. The molecule has 0 saturated carbocycles. The monoisotopic (exact) mass is 582 g/mol. The Kier molecular flexibility index (Phi) is 8.77. The molecule has 2 fully saturated rings. The lowest BCUT2D eigenvalue weighted by Crippen LogP contribution is -2.46. The molecule has 0 aromatic heterocycles. The molecule has 2 heterocycles. The number of nitrogens with zero attached hydrogens (tertiary/aromatic N) is 4. The zero-order valence-corrected chi connectivity index (χ0v) is 21.9. The Hall–Kier alpha value is -0.0600. The van der Waals surface area contributed by atoms with Gasteiger partial charge in [0.05, 0.1) is 34.3 Å². The Bertz CT molecular complexity index is 728. The summed E-state index contributed by atoms with van der Waals surface area (Å²) in [7, 11) is 4.14. The topological polar surface area (TPSA) is 47.1 Å². The summed E-state index contributed by atoms with van der Waals surface area (Å²) in [5.41, 5.74) is 0.646. The minimum absolute atomic E-state index is 0.114. The number of hydrogen-bond donors (Lipinski definition) is 0. The standard InChI is InChI=1S/C20H26Br2Cl2N4O2/c1-25-3-7-27(8-4-25)11-13(29)15-17(21)20(24)16(18(22)19(15)23)14(30)12-28-9-5-26(2)6-10-28/h3-12H2,1-2H3. The molecule has 0 unspecified atom stereocenters. The van der Waals surface area contributed by atoms with Gasteiger partial charge in [0.2, 0.25) is 0 Å². The molecule has 1 aromatic rings. The molecule has 3 rings (SSSR count). The Morgan fingerprint density at radius 1 is 0.700 bits per heavy atom. The second-order valence-electron chi connectivity index (χ2n) is 8.01. The second kappa shape index (κ2) is 10.7. The van der Waals surface area contributed by atoms with Crippen LogP contribution in [0.5, 0.6) is 0 Å². The van der Waals surface area contributed by atoms with E-state index >= 15 is 0 Å². The summed E-state index contributed by atoms with van der Waals surface area (Å²) in [6.45, 7) is 7.54.